The normalized spacial score (nSPS) is 13.9. The quantitative estimate of drug-likeness (QED) is 0.0833. The van der Waals surface area contributed by atoms with E-state index in [1.54, 1.807) is 0 Å². The van der Waals surface area contributed by atoms with Gasteiger partial charge >= 0.3 is 0 Å². The number of nitrogens with one attached hydrogen (secondary N) is 1. The zero-order chi connectivity index (χ0) is 37.5. The van der Waals surface area contributed by atoms with Crippen molar-refractivity contribution in [2.45, 2.75) is 121 Å². The van der Waals surface area contributed by atoms with Gasteiger partial charge in [0.2, 0.25) is 0 Å². The number of aliphatic hydroxyl groups excluding tert-OH is 1. The molecule has 1 radical (unpaired) electrons. The summed E-state index contributed by atoms with van der Waals surface area (Å²) < 4.78 is 4.15. The van der Waals surface area contributed by atoms with Crippen LogP contribution in [0.1, 0.15) is 128 Å². The molecule has 4 heterocycles. The van der Waals surface area contributed by atoms with Gasteiger partial charge in [0.05, 0.1) is 12.4 Å². The number of carbonyl (C=O) groups is 1. The van der Waals surface area contributed by atoms with Gasteiger partial charge in [-0.05, 0) is 72.1 Å². The van der Waals surface area contributed by atoms with Gasteiger partial charge in [0, 0.05) is 72.6 Å². The number of rotatable bonds is 10. The van der Waals surface area contributed by atoms with Crippen molar-refractivity contribution in [2.24, 2.45) is 21.7 Å². The Labute approximate surface area is 337 Å². The summed E-state index contributed by atoms with van der Waals surface area (Å²) in [6, 6.07) is 12.9. The zero-order valence-corrected chi connectivity index (χ0v) is 38.0. The molecular weight excluding hydrogens is 877 g/mol. The van der Waals surface area contributed by atoms with Gasteiger partial charge in [-0.3, -0.25) is 4.79 Å². The van der Waals surface area contributed by atoms with E-state index in [0.717, 1.165) is 43.4 Å². The fourth-order valence-corrected chi connectivity index (χ4v) is 10.4. The summed E-state index contributed by atoms with van der Waals surface area (Å²) in [6.45, 7) is 26.5. The van der Waals surface area contributed by atoms with Crippen molar-refractivity contribution >= 4 is 81.5 Å². The topological polar surface area (TPSA) is 61.7 Å². The van der Waals surface area contributed by atoms with E-state index in [2.05, 4.69) is 82.6 Å². The van der Waals surface area contributed by atoms with E-state index in [0.29, 0.717) is 12.6 Å². The number of nitrogens with zero attached hydrogens (tertiary/aromatic N) is 1. The van der Waals surface area contributed by atoms with Gasteiger partial charge in [-0.15, -0.1) is 46.3 Å². The maximum absolute atomic E-state index is 12.2. The monoisotopic (exact) mass is 934 g/mol. The van der Waals surface area contributed by atoms with Crippen LogP contribution in [-0.2, 0) is 36.7 Å². The third-order valence-corrected chi connectivity index (χ3v) is 14.6. The van der Waals surface area contributed by atoms with Crippen LogP contribution in [0.3, 0.4) is 0 Å². The number of carbonyl (C=O) groups excluding carboxylic acids is 1. The SMILES string of the molecule is CCC(C)(CC)C(=O)/C=C(\O)C(C)(CC)CC.Cc1sc2ccc3c4c(sc3c2c1CC(C)C)C(c1[c-]c2ccsc2c(C(C)(C)C)c1)=NCN4.[Ir]. The van der Waals surface area contributed by atoms with Crippen LogP contribution in [0.15, 0.2) is 46.5 Å². The molecule has 4 nitrogen and oxygen atoms in total. The molecule has 0 bridgehead atoms. The molecule has 0 amide bonds. The molecule has 0 atom stereocenters. The van der Waals surface area contributed by atoms with E-state index in [9.17, 15) is 9.90 Å². The van der Waals surface area contributed by atoms with Crippen LogP contribution >= 0.6 is 34.0 Å². The van der Waals surface area contributed by atoms with Crippen molar-refractivity contribution in [2.75, 3.05) is 12.0 Å². The number of aliphatic imine (C=N–C) groups is 1. The molecule has 1 aliphatic heterocycles. The molecule has 0 unspecified atom stereocenters. The summed E-state index contributed by atoms with van der Waals surface area (Å²) in [4.78, 5) is 19.9. The summed E-state index contributed by atoms with van der Waals surface area (Å²) >= 11 is 5.66. The first kappa shape index (κ1) is 42.4. The smallest absolute Gasteiger partial charge is 0.164 e. The molecule has 2 aromatic carbocycles. The molecule has 1 aliphatic rings. The Hall–Kier alpha value is -2.35. The first-order valence-corrected chi connectivity index (χ1v) is 21.2. The molecule has 0 fully saturated rings. The Morgan fingerprint density at radius 1 is 0.981 bits per heavy atom. The molecule has 6 rings (SSSR count). The Kier molecular flexibility index (Phi) is 13.5. The van der Waals surface area contributed by atoms with Gasteiger partial charge in [0.15, 0.2) is 5.78 Å². The standard InChI is InChI=1S/C29H29N2S3.C15H28O2.Ir/c1-15(2)11-20-16(3)33-22-8-7-19-25-28(34-27(19)23(20)22)24(30-14-31-25)18-12-17-9-10-32-26(17)21(13-18)29(4,5)6;1-7-14(5,8-2)12(16)11-13(17)15(6,9-3)10-4;/h7-10,13,15,31H,11,14H2,1-6H3;11,16H,7-10H2,1-6H3;/q-1;;/b;12-11-;. The first-order valence-electron chi connectivity index (χ1n) is 18.7. The van der Waals surface area contributed by atoms with Crippen molar-refractivity contribution in [3.05, 3.63) is 74.0 Å². The number of aliphatic hydroxyl groups is 1. The van der Waals surface area contributed by atoms with Crippen molar-refractivity contribution in [1.29, 1.82) is 0 Å². The molecule has 52 heavy (non-hydrogen) atoms. The second-order valence-corrected chi connectivity index (χ2v) is 19.3. The summed E-state index contributed by atoms with van der Waals surface area (Å²) in [7, 11) is 0. The number of allylic oxidation sites excluding steroid dienone is 2. The number of aryl methyl sites for hydroxylation is 1. The van der Waals surface area contributed by atoms with Gasteiger partial charge in [-0.25, -0.2) is 0 Å². The Morgan fingerprint density at radius 3 is 2.23 bits per heavy atom. The van der Waals surface area contributed by atoms with Gasteiger partial charge in [-0.2, -0.15) is 11.3 Å². The van der Waals surface area contributed by atoms with Gasteiger partial charge in [0.25, 0.3) is 0 Å². The van der Waals surface area contributed by atoms with Crippen LogP contribution in [0, 0.1) is 29.7 Å². The van der Waals surface area contributed by atoms with Crippen molar-refractivity contribution in [1.82, 2.24) is 0 Å². The number of anilines is 1. The Bertz CT molecular complexity index is 2110. The Balaban J connectivity index is 0.000000289. The van der Waals surface area contributed by atoms with E-state index < -0.39 is 0 Å². The number of fused-ring (bicyclic) bond motifs is 6. The van der Waals surface area contributed by atoms with Gasteiger partial charge in [-0.1, -0.05) is 93.4 Å². The minimum Gasteiger partial charge on any atom is -0.512 e. The van der Waals surface area contributed by atoms with Crippen LogP contribution in [-0.4, -0.2) is 23.3 Å². The maximum atomic E-state index is 12.2. The van der Waals surface area contributed by atoms with Crippen molar-refractivity contribution < 1.29 is 30.0 Å². The second kappa shape index (κ2) is 16.6. The van der Waals surface area contributed by atoms with Gasteiger partial charge < -0.3 is 15.4 Å². The molecule has 0 spiro atoms. The largest absolute Gasteiger partial charge is 0.512 e. The summed E-state index contributed by atoms with van der Waals surface area (Å²) in [5.74, 6) is 0.924. The van der Waals surface area contributed by atoms with E-state index in [4.69, 9.17) is 4.99 Å². The average molecular weight is 934 g/mol. The number of benzene rings is 2. The average Bonchev–Trinajstić information content (AvgIpc) is 3.81. The third kappa shape index (κ3) is 8.17. The van der Waals surface area contributed by atoms with Crippen LogP contribution < -0.4 is 5.32 Å². The molecule has 0 aliphatic carbocycles. The minimum atomic E-state index is -0.337. The molecule has 3 aromatic heterocycles. The van der Waals surface area contributed by atoms with Crippen LogP contribution in [0.4, 0.5) is 5.69 Å². The number of hydrogen-bond donors (Lipinski definition) is 2. The van der Waals surface area contributed by atoms with Crippen LogP contribution in [0.2, 0.25) is 0 Å². The molecule has 5 aromatic rings. The fourth-order valence-electron chi connectivity index (χ4n) is 6.76. The zero-order valence-electron chi connectivity index (χ0n) is 33.1. The number of hydrogen-bond acceptors (Lipinski definition) is 7. The van der Waals surface area contributed by atoms with Crippen molar-refractivity contribution in [3.8, 4) is 0 Å². The van der Waals surface area contributed by atoms with E-state index in [-0.39, 0.29) is 47.9 Å². The third-order valence-electron chi connectivity index (χ3n) is 11.3. The number of ketones is 1. The molecular formula is C44H57IrN2O2S3-. The summed E-state index contributed by atoms with van der Waals surface area (Å²) in [6.07, 6.45) is 5.88. The summed E-state index contributed by atoms with van der Waals surface area (Å²) in [5.41, 5.74) is 5.81. The molecule has 2 N–H and O–H groups in total. The number of thiophene rings is 3. The van der Waals surface area contributed by atoms with Crippen LogP contribution in [0.5, 0.6) is 0 Å². The van der Waals surface area contributed by atoms with Crippen molar-refractivity contribution in [3.63, 3.8) is 0 Å². The predicted octanol–water partition coefficient (Wildman–Crippen LogP) is 13.8. The molecule has 8 heteroatoms. The molecule has 283 valence electrons. The molecule has 0 saturated heterocycles. The van der Waals surface area contributed by atoms with Crippen LogP contribution in [0.25, 0.3) is 30.3 Å². The van der Waals surface area contributed by atoms with E-state index >= 15 is 0 Å². The second-order valence-electron chi connectivity index (χ2n) is 16.1. The Morgan fingerprint density at radius 2 is 1.63 bits per heavy atom. The van der Waals surface area contributed by atoms with Gasteiger partial charge in [0.1, 0.15) is 5.76 Å². The van der Waals surface area contributed by atoms with E-state index in [1.165, 1.54) is 62.9 Å². The van der Waals surface area contributed by atoms with E-state index in [1.807, 2.05) is 75.6 Å². The predicted molar refractivity (Wildman–Crippen MR) is 227 cm³/mol. The summed E-state index contributed by atoms with van der Waals surface area (Å²) in [5, 5.41) is 19.9. The maximum Gasteiger partial charge on any atom is 0.164 e. The minimum absolute atomic E-state index is 0. The fraction of sp³-hybridized carbons (Fsp3) is 0.500. The molecule has 0 saturated carbocycles. The first-order chi connectivity index (χ1) is 24.0.